The minimum absolute atomic E-state index is 0.0745. The number of benzene rings is 3. The van der Waals surface area contributed by atoms with E-state index in [9.17, 15) is 9.59 Å². The van der Waals surface area contributed by atoms with Gasteiger partial charge in [0.2, 0.25) is 11.8 Å². The van der Waals surface area contributed by atoms with Gasteiger partial charge in [-0.15, -0.1) is 0 Å². The molecule has 2 bridgehead atoms. The molecule has 4 nitrogen and oxygen atoms in total. The zero-order valence-electron chi connectivity index (χ0n) is 18.9. The van der Waals surface area contributed by atoms with Gasteiger partial charge in [-0.05, 0) is 53.5 Å². The molecule has 1 saturated carbocycles. The van der Waals surface area contributed by atoms with Crippen molar-refractivity contribution in [2.45, 2.75) is 6.92 Å². The molecule has 1 aliphatic heterocycles. The van der Waals surface area contributed by atoms with Gasteiger partial charge in [-0.2, -0.15) is 0 Å². The van der Waals surface area contributed by atoms with Crippen molar-refractivity contribution >= 4 is 23.1 Å². The monoisotopic (exact) mass is 447 g/mol. The molecule has 4 unspecified atom stereocenters. The average Bonchev–Trinajstić information content (AvgIpc) is 3.51. The zero-order valence-corrected chi connectivity index (χ0v) is 18.9. The summed E-state index contributed by atoms with van der Waals surface area (Å²) >= 11 is 0. The van der Waals surface area contributed by atoms with Crippen LogP contribution in [-0.4, -0.2) is 18.4 Å². The second-order valence-electron chi connectivity index (χ2n) is 8.99. The van der Waals surface area contributed by atoms with E-state index in [0.29, 0.717) is 12.3 Å². The lowest BCUT2D eigenvalue weighted by Gasteiger charge is -2.21. The molecule has 1 heterocycles. The number of carbonyl (C=O) groups is 2. The Bertz CT molecular complexity index is 1230. The summed E-state index contributed by atoms with van der Waals surface area (Å²) in [5.41, 5.74) is 5.18. The van der Waals surface area contributed by atoms with E-state index in [1.165, 1.54) is 10.5 Å². The highest BCUT2D eigenvalue weighted by Gasteiger charge is 2.62. The van der Waals surface area contributed by atoms with Gasteiger partial charge in [0.05, 0.1) is 24.1 Å². The minimum atomic E-state index is -0.355. The Balaban J connectivity index is 1.42. The number of rotatable bonds is 5. The van der Waals surface area contributed by atoms with Crippen molar-refractivity contribution in [1.82, 2.24) is 0 Å². The van der Waals surface area contributed by atoms with Crippen molar-refractivity contribution in [3.8, 4) is 5.75 Å². The molecule has 3 aliphatic rings. The smallest absolute Gasteiger partial charge is 0.238 e. The van der Waals surface area contributed by atoms with Crippen LogP contribution in [0.2, 0.25) is 0 Å². The minimum Gasteiger partial charge on any atom is -0.494 e. The molecule has 4 atom stereocenters. The molecule has 1 saturated heterocycles. The van der Waals surface area contributed by atoms with Crippen LogP contribution in [0, 0.1) is 23.7 Å². The van der Waals surface area contributed by atoms with Crippen LogP contribution in [0.1, 0.15) is 18.1 Å². The van der Waals surface area contributed by atoms with Gasteiger partial charge in [0.1, 0.15) is 5.75 Å². The Morgan fingerprint density at radius 2 is 1.24 bits per heavy atom. The van der Waals surface area contributed by atoms with Gasteiger partial charge >= 0.3 is 0 Å². The molecule has 6 rings (SSSR count). The summed E-state index contributed by atoms with van der Waals surface area (Å²) in [5, 5.41) is 0. The summed E-state index contributed by atoms with van der Waals surface area (Å²) in [4.78, 5) is 28.7. The number of imide groups is 1. The number of nitrogens with zero attached hydrogens (tertiary/aromatic N) is 1. The van der Waals surface area contributed by atoms with E-state index in [2.05, 4.69) is 36.4 Å². The SMILES string of the molecule is CCOc1ccc(N2C(=O)C3C4C=CC(C4=C(c4ccccc4)c4ccccc4)C3C2=O)cc1. The van der Waals surface area contributed by atoms with E-state index in [0.717, 1.165) is 22.4 Å². The van der Waals surface area contributed by atoms with Crippen molar-refractivity contribution in [3.05, 3.63) is 114 Å². The summed E-state index contributed by atoms with van der Waals surface area (Å²) in [6.07, 6.45) is 4.28. The Kier molecular flexibility index (Phi) is 4.95. The fourth-order valence-electron chi connectivity index (χ4n) is 5.92. The van der Waals surface area contributed by atoms with Crippen molar-refractivity contribution in [1.29, 1.82) is 0 Å². The van der Waals surface area contributed by atoms with E-state index < -0.39 is 0 Å². The molecule has 2 amide bonds. The first-order valence-corrected chi connectivity index (χ1v) is 11.8. The van der Waals surface area contributed by atoms with Gasteiger partial charge in [-0.3, -0.25) is 9.59 Å². The Hall–Kier alpha value is -3.92. The number of carbonyl (C=O) groups excluding carboxylic acids is 2. The highest BCUT2D eigenvalue weighted by Crippen LogP contribution is 2.58. The maximum absolute atomic E-state index is 13.7. The molecule has 4 heteroatoms. The number of hydrogen-bond acceptors (Lipinski definition) is 3. The predicted molar refractivity (Wildman–Crippen MR) is 132 cm³/mol. The summed E-state index contributed by atoms with van der Waals surface area (Å²) in [5.74, 6) is -0.335. The third kappa shape index (κ3) is 3.06. The summed E-state index contributed by atoms with van der Waals surface area (Å²) in [6.45, 7) is 2.50. The molecular formula is C30H25NO3. The highest BCUT2D eigenvalue weighted by atomic mass is 16.5. The number of anilines is 1. The zero-order chi connectivity index (χ0) is 23.2. The van der Waals surface area contributed by atoms with Crippen LogP contribution in [0.25, 0.3) is 5.57 Å². The normalized spacial score (nSPS) is 24.6. The lowest BCUT2D eigenvalue weighted by atomic mass is 9.85. The molecule has 34 heavy (non-hydrogen) atoms. The number of hydrogen-bond donors (Lipinski definition) is 0. The maximum atomic E-state index is 13.7. The molecule has 3 aromatic carbocycles. The van der Waals surface area contributed by atoms with Crippen molar-refractivity contribution < 1.29 is 14.3 Å². The molecule has 3 aromatic rings. The second-order valence-corrected chi connectivity index (χ2v) is 8.99. The third-order valence-electron chi connectivity index (χ3n) is 7.24. The van der Waals surface area contributed by atoms with Crippen LogP contribution in [0.3, 0.4) is 0 Å². The fraction of sp³-hybridized carbons (Fsp3) is 0.200. The van der Waals surface area contributed by atoms with Crippen LogP contribution in [0.4, 0.5) is 5.69 Å². The van der Waals surface area contributed by atoms with Crippen LogP contribution in [-0.2, 0) is 9.59 Å². The Morgan fingerprint density at radius 3 is 1.71 bits per heavy atom. The van der Waals surface area contributed by atoms with E-state index >= 15 is 0 Å². The first kappa shape index (κ1) is 20.7. The van der Waals surface area contributed by atoms with Gasteiger partial charge in [0.15, 0.2) is 0 Å². The van der Waals surface area contributed by atoms with Gasteiger partial charge < -0.3 is 4.74 Å². The first-order valence-electron chi connectivity index (χ1n) is 11.8. The summed E-state index contributed by atoms with van der Waals surface area (Å²) in [6, 6.07) is 27.8. The summed E-state index contributed by atoms with van der Waals surface area (Å²) < 4.78 is 5.52. The Labute approximate surface area is 199 Å². The number of ether oxygens (including phenoxy) is 1. The van der Waals surface area contributed by atoms with Gasteiger partial charge in [-0.25, -0.2) is 4.90 Å². The molecule has 0 aromatic heterocycles. The first-order chi connectivity index (χ1) is 16.7. The number of amides is 2. The molecule has 0 radical (unpaired) electrons. The summed E-state index contributed by atoms with van der Waals surface area (Å²) in [7, 11) is 0. The lowest BCUT2D eigenvalue weighted by Crippen LogP contribution is -2.33. The molecule has 2 aliphatic carbocycles. The second kappa shape index (κ2) is 8.14. The van der Waals surface area contributed by atoms with E-state index in [1.54, 1.807) is 12.1 Å². The molecule has 2 fully saturated rings. The van der Waals surface area contributed by atoms with Crippen LogP contribution < -0.4 is 9.64 Å². The molecule has 168 valence electrons. The van der Waals surface area contributed by atoms with Crippen LogP contribution in [0.5, 0.6) is 5.75 Å². The average molecular weight is 448 g/mol. The van der Waals surface area contributed by atoms with Gasteiger partial charge in [0.25, 0.3) is 0 Å². The van der Waals surface area contributed by atoms with Crippen molar-refractivity contribution in [3.63, 3.8) is 0 Å². The molecule has 0 N–H and O–H groups in total. The highest BCUT2D eigenvalue weighted by molar-refractivity contribution is 6.23. The van der Waals surface area contributed by atoms with Crippen LogP contribution in [0.15, 0.2) is 103 Å². The van der Waals surface area contributed by atoms with Crippen LogP contribution >= 0.6 is 0 Å². The van der Waals surface area contributed by atoms with E-state index in [4.69, 9.17) is 4.74 Å². The quantitative estimate of drug-likeness (QED) is 0.383. The van der Waals surface area contributed by atoms with E-state index in [-0.39, 0.29) is 35.5 Å². The van der Waals surface area contributed by atoms with Gasteiger partial charge in [0, 0.05) is 11.8 Å². The van der Waals surface area contributed by atoms with Crippen molar-refractivity contribution in [2.75, 3.05) is 11.5 Å². The van der Waals surface area contributed by atoms with Gasteiger partial charge in [-0.1, -0.05) is 72.8 Å². The predicted octanol–water partition coefficient (Wildman–Crippen LogP) is 5.51. The Morgan fingerprint density at radius 1 is 0.735 bits per heavy atom. The number of allylic oxidation sites excluding steroid dienone is 3. The molecule has 0 spiro atoms. The third-order valence-corrected chi connectivity index (χ3v) is 7.24. The topological polar surface area (TPSA) is 46.6 Å². The molecular weight excluding hydrogens is 422 g/mol. The fourth-order valence-corrected chi connectivity index (χ4v) is 5.92. The van der Waals surface area contributed by atoms with E-state index in [1.807, 2.05) is 55.5 Å². The lowest BCUT2D eigenvalue weighted by molar-refractivity contribution is -0.122. The van der Waals surface area contributed by atoms with Crippen molar-refractivity contribution in [2.24, 2.45) is 23.7 Å². The standard InChI is InChI=1S/C30H25NO3/c1-2-34-22-15-13-21(14-16-22)31-29(32)27-23-17-18-24(28(27)30(31)33)26(23)25(19-9-5-3-6-10-19)20-11-7-4-8-12-20/h3-18,23-24,27-28H,2H2,1H3. The number of fused-ring (bicyclic) bond motifs is 5. The maximum Gasteiger partial charge on any atom is 0.238 e. The largest absolute Gasteiger partial charge is 0.494 e.